The monoisotopic (exact) mass is 307 g/mol. The topological polar surface area (TPSA) is 84.9 Å². The molecule has 2 N–H and O–H groups in total. The minimum atomic E-state index is -1.29. The van der Waals surface area contributed by atoms with Crippen LogP contribution in [0, 0.1) is 0 Å². The molecule has 0 bridgehead atoms. The van der Waals surface area contributed by atoms with Crippen LogP contribution in [0.25, 0.3) is 0 Å². The lowest BCUT2D eigenvalue weighted by atomic mass is 9.98. The fourth-order valence-corrected chi connectivity index (χ4v) is 2.54. The maximum absolute atomic E-state index is 11.9. The molecule has 1 saturated carbocycles. The summed E-state index contributed by atoms with van der Waals surface area (Å²) in [4.78, 5) is 22.2. The van der Waals surface area contributed by atoms with Crippen molar-refractivity contribution in [3.05, 3.63) is 29.8 Å². The molecule has 120 valence electrons. The zero-order valence-corrected chi connectivity index (χ0v) is 12.4. The van der Waals surface area contributed by atoms with Crippen LogP contribution in [-0.2, 0) is 15.9 Å². The summed E-state index contributed by atoms with van der Waals surface area (Å²) in [5.41, 5.74) is 1.52. The van der Waals surface area contributed by atoms with Crippen LogP contribution in [0.2, 0.25) is 0 Å². The van der Waals surface area contributed by atoms with Crippen LogP contribution in [0.3, 0.4) is 0 Å². The number of nitrogens with one attached hydrogen (secondary N) is 1. The van der Waals surface area contributed by atoms with Crippen molar-refractivity contribution in [1.29, 1.82) is 0 Å². The van der Waals surface area contributed by atoms with Crippen molar-refractivity contribution < 1.29 is 24.2 Å². The van der Waals surface area contributed by atoms with E-state index in [1.165, 1.54) is 6.42 Å². The number of anilines is 1. The van der Waals surface area contributed by atoms with Crippen LogP contribution < -0.4 is 5.32 Å². The number of carbonyl (C=O) groups is 2. The lowest BCUT2D eigenvalue weighted by Gasteiger charge is -2.21. The van der Waals surface area contributed by atoms with Crippen molar-refractivity contribution in [2.75, 3.05) is 11.9 Å². The van der Waals surface area contributed by atoms with Crippen LogP contribution in [0.1, 0.15) is 37.7 Å². The van der Waals surface area contributed by atoms with E-state index < -0.39 is 12.2 Å². The van der Waals surface area contributed by atoms with Gasteiger partial charge >= 0.3 is 12.2 Å². The molecule has 1 aliphatic carbocycles. The van der Waals surface area contributed by atoms with Crippen LogP contribution in [0.5, 0.6) is 0 Å². The minimum absolute atomic E-state index is 0.0147. The van der Waals surface area contributed by atoms with Crippen LogP contribution in [-0.4, -0.2) is 30.1 Å². The van der Waals surface area contributed by atoms with Gasteiger partial charge in [-0.2, -0.15) is 0 Å². The first-order valence-corrected chi connectivity index (χ1v) is 7.56. The summed E-state index contributed by atoms with van der Waals surface area (Å²) >= 11 is 0. The first kappa shape index (κ1) is 16.1. The second kappa shape index (κ2) is 8.26. The van der Waals surface area contributed by atoms with Crippen molar-refractivity contribution in [3.63, 3.8) is 0 Å². The van der Waals surface area contributed by atoms with E-state index in [1.807, 2.05) is 6.07 Å². The molecule has 6 heteroatoms. The molecule has 2 rings (SSSR count). The van der Waals surface area contributed by atoms with E-state index in [0.29, 0.717) is 12.1 Å². The molecule has 0 atom stereocenters. The average molecular weight is 307 g/mol. The Kier molecular flexibility index (Phi) is 6.06. The Hall–Kier alpha value is -2.24. The van der Waals surface area contributed by atoms with Gasteiger partial charge in [-0.3, -0.25) is 5.32 Å². The standard InChI is InChI=1S/C16H21NO5/c18-15(22-14-7-2-1-3-8-14)17-13-6-4-5-12(11-13)9-10-21-16(19)20/h4-6,11,14H,1-3,7-10H2,(H,17,18)(H,19,20). The van der Waals surface area contributed by atoms with Gasteiger partial charge in [-0.25, -0.2) is 9.59 Å². The van der Waals surface area contributed by atoms with Crippen molar-refractivity contribution in [1.82, 2.24) is 0 Å². The zero-order chi connectivity index (χ0) is 15.8. The lowest BCUT2D eigenvalue weighted by Crippen LogP contribution is -2.24. The average Bonchev–Trinajstić information content (AvgIpc) is 2.48. The largest absolute Gasteiger partial charge is 0.505 e. The molecule has 0 unspecified atom stereocenters. The van der Waals surface area contributed by atoms with Gasteiger partial charge in [0.2, 0.25) is 0 Å². The van der Waals surface area contributed by atoms with E-state index in [0.717, 1.165) is 31.2 Å². The van der Waals surface area contributed by atoms with Gasteiger partial charge in [0.05, 0.1) is 6.61 Å². The summed E-state index contributed by atoms with van der Waals surface area (Å²) in [5.74, 6) is 0. The summed E-state index contributed by atoms with van der Waals surface area (Å²) in [5, 5.41) is 11.1. The first-order chi connectivity index (χ1) is 10.6. The highest BCUT2D eigenvalue weighted by Gasteiger charge is 2.17. The van der Waals surface area contributed by atoms with E-state index in [2.05, 4.69) is 10.1 Å². The molecule has 1 aromatic carbocycles. The van der Waals surface area contributed by atoms with Crippen molar-refractivity contribution >= 4 is 17.9 Å². The van der Waals surface area contributed by atoms with Crippen LogP contribution in [0.4, 0.5) is 15.3 Å². The SMILES string of the molecule is O=C(O)OCCc1cccc(NC(=O)OC2CCCCC2)c1. The van der Waals surface area contributed by atoms with Crippen molar-refractivity contribution in [2.24, 2.45) is 0 Å². The van der Waals surface area contributed by atoms with E-state index >= 15 is 0 Å². The molecule has 0 radical (unpaired) electrons. The molecule has 6 nitrogen and oxygen atoms in total. The van der Waals surface area contributed by atoms with E-state index in [1.54, 1.807) is 18.2 Å². The lowest BCUT2D eigenvalue weighted by molar-refractivity contribution is 0.0864. The predicted octanol–water partition coefficient (Wildman–Crippen LogP) is 3.80. The van der Waals surface area contributed by atoms with E-state index in [9.17, 15) is 9.59 Å². The zero-order valence-electron chi connectivity index (χ0n) is 12.4. The molecule has 0 aromatic heterocycles. The first-order valence-electron chi connectivity index (χ1n) is 7.56. The highest BCUT2D eigenvalue weighted by molar-refractivity contribution is 5.84. The Bertz CT molecular complexity index is 511. The summed E-state index contributed by atoms with van der Waals surface area (Å²) in [6.45, 7) is 0.0886. The fourth-order valence-electron chi connectivity index (χ4n) is 2.54. The molecule has 1 fully saturated rings. The number of benzene rings is 1. The maximum atomic E-state index is 11.9. The number of ether oxygens (including phenoxy) is 2. The predicted molar refractivity (Wildman–Crippen MR) is 81.1 cm³/mol. The minimum Gasteiger partial charge on any atom is -0.450 e. The highest BCUT2D eigenvalue weighted by atomic mass is 16.7. The molecule has 1 amide bonds. The highest BCUT2D eigenvalue weighted by Crippen LogP contribution is 2.21. The third kappa shape index (κ3) is 5.63. The summed E-state index contributed by atoms with van der Waals surface area (Å²) in [6.07, 6.45) is 4.03. The van der Waals surface area contributed by atoms with Gasteiger partial charge in [0.1, 0.15) is 6.10 Å². The Labute approximate surface area is 129 Å². The number of hydrogen-bond donors (Lipinski definition) is 2. The Morgan fingerprint density at radius 1 is 1.23 bits per heavy atom. The van der Waals surface area contributed by atoms with Gasteiger partial charge in [0.25, 0.3) is 0 Å². The Morgan fingerprint density at radius 3 is 2.73 bits per heavy atom. The molecule has 1 aromatic rings. The van der Waals surface area contributed by atoms with Gasteiger partial charge in [0.15, 0.2) is 0 Å². The normalized spacial score (nSPS) is 15.1. The maximum Gasteiger partial charge on any atom is 0.505 e. The molecule has 22 heavy (non-hydrogen) atoms. The van der Waals surface area contributed by atoms with Crippen molar-refractivity contribution in [3.8, 4) is 0 Å². The van der Waals surface area contributed by atoms with Gasteiger partial charge in [0, 0.05) is 12.1 Å². The third-order valence-corrected chi connectivity index (χ3v) is 3.62. The van der Waals surface area contributed by atoms with E-state index in [4.69, 9.17) is 9.84 Å². The van der Waals surface area contributed by atoms with Gasteiger partial charge < -0.3 is 14.6 Å². The molecule has 0 heterocycles. The van der Waals surface area contributed by atoms with Gasteiger partial charge in [-0.15, -0.1) is 0 Å². The quantitative estimate of drug-likeness (QED) is 0.808. The summed E-state index contributed by atoms with van der Waals surface area (Å²) in [6, 6.07) is 7.20. The summed E-state index contributed by atoms with van der Waals surface area (Å²) in [7, 11) is 0. The Morgan fingerprint density at radius 2 is 2.00 bits per heavy atom. The smallest absolute Gasteiger partial charge is 0.450 e. The van der Waals surface area contributed by atoms with Gasteiger partial charge in [-0.05, 0) is 43.4 Å². The van der Waals surface area contributed by atoms with Gasteiger partial charge in [-0.1, -0.05) is 18.6 Å². The van der Waals surface area contributed by atoms with Crippen LogP contribution >= 0.6 is 0 Å². The van der Waals surface area contributed by atoms with E-state index in [-0.39, 0.29) is 12.7 Å². The number of carbonyl (C=O) groups excluding carboxylic acids is 1. The Balaban J connectivity index is 1.81. The molecular weight excluding hydrogens is 286 g/mol. The molecule has 0 aliphatic heterocycles. The fraction of sp³-hybridized carbons (Fsp3) is 0.500. The number of hydrogen-bond acceptors (Lipinski definition) is 4. The second-order valence-electron chi connectivity index (χ2n) is 5.36. The van der Waals surface area contributed by atoms with Crippen LogP contribution in [0.15, 0.2) is 24.3 Å². The number of amides is 1. The molecule has 1 aliphatic rings. The molecular formula is C16H21NO5. The molecule has 0 saturated heterocycles. The third-order valence-electron chi connectivity index (χ3n) is 3.62. The number of rotatable bonds is 5. The number of carboxylic acid groups (broad SMARTS) is 1. The molecule has 0 spiro atoms. The van der Waals surface area contributed by atoms with Crippen molar-refractivity contribution in [2.45, 2.75) is 44.6 Å². The summed E-state index contributed by atoms with van der Waals surface area (Å²) < 4.78 is 9.87. The second-order valence-corrected chi connectivity index (χ2v) is 5.36.